The standard InChI is InChI=1S/C24H24F3N5/c1-18(2)32-16-22(24(25,26)27)30-23(32)21-8-6-20(7-9-21)15-31(17-28-3)14-4-5-19-10-12-29-13-11-19/h6-13,16-18H,14-15H2,1-3H3. The highest BCUT2D eigenvalue weighted by molar-refractivity contribution is 5.58. The van der Waals surface area contributed by atoms with Gasteiger partial charge in [0, 0.05) is 49.4 Å². The molecule has 32 heavy (non-hydrogen) atoms. The van der Waals surface area contributed by atoms with Crippen LogP contribution in [0.15, 0.2) is 60.0 Å². The van der Waals surface area contributed by atoms with E-state index < -0.39 is 11.9 Å². The quantitative estimate of drug-likeness (QED) is 0.307. The van der Waals surface area contributed by atoms with E-state index in [4.69, 9.17) is 0 Å². The Morgan fingerprint density at radius 2 is 1.81 bits per heavy atom. The van der Waals surface area contributed by atoms with E-state index in [1.54, 1.807) is 42.5 Å². The van der Waals surface area contributed by atoms with E-state index in [0.29, 0.717) is 24.5 Å². The number of aromatic nitrogens is 3. The fourth-order valence-corrected chi connectivity index (χ4v) is 3.11. The van der Waals surface area contributed by atoms with E-state index in [1.807, 2.05) is 43.0 Å². The van der Waals surface area contributed by atoms with Gasteiger partial charge in [-0.2, -0.15) is 13.2 Å². The van der Waals surface area contributed by atoms with E-state index in [2.05, 4.69) is 26.8 Å². The molecular formula is C24H24F3N5. The van der Waals surface area contributed by atoms with Crippen LogP contribution in [-0.2, 0) is 12.7 Å². The Kier molecular flexibility index (Phi) is 7.31. The molecule has 0 aliphatic heterocycles. The molecule has 0 fully saturated rings. The highest BCUT2D eigenvalue weighted by Gasteiger charge is 2.35. The summed E-state index contributed by atoms with van der Waals surface area (Å²) in [4.78, 5) is 13.9. The molecule has 5 nitrogen and oxygen atoms in total. The Hall–Kier alpha value is -3.60. The summed E-state index contributed by atoms with van der Waals surface area (Å²) in [5.41, 5.74) is 1.61. The van der Waals surface area contributed by atoms with Gasteiger partial charge in [0.2, 0.25) is 0 Å². The maximum absolute atomic E-state index is 13.1. The highest BCUT2D eigenvalue weighted by Crippen LogP contribution is 2.32. The number of hydrogen-bond donors (Lipinski definition) is 0. The van der Waals surface area contributed by atoms with Gasteiger partial charge in [0.25, 0.3) is 0 Å². The number of imidazole rings is 1. The molecule has 0 radical (unpaired) electrons. The SMILES string of the molecule is CN=CN(CC#Cc1ccncc1)Cc1ccc(-c2nc(C(F)(F)F)cn2C(C)C)cc1. The van der Waals surface area contributed by atoms with Crippen LogP contribution in [0.4, 0.5) is 13.2 Å². The van der Waals surface area contributed by atoms with Crippen LogP contribution in [0, 0.1) is 11.8 Å². The molecule has 1 aromatic carbocycles. The topological polar surface area (TPSA) is 46.3 Å². The first kappa shape index (κ1) is 23.1. The van der Waals surface area contributed by atoms with Crippen molar-refractivity contribution < 1.29 is 13.2 Å². The summed E-state index contributed by atoms with van der Waals surface area (Å²) in [6.45, 7) is 4.70. The van der Waals surface area contributed by atoms with Gasteiger partial charge in [-0.15, -0.1) is 0 Å². The van der Waals surface area contributed by atoms with Crippen molar-refractivity contribution in [1.29, 1.82) is 0 Å². The lowest BCUT2D eigenvalue weighted by molar-refractivity contribution is -0.140. The van der Waals surface area contributed by atoms with Crippen LogP contribution in [0.2, 0.25) is 0 Å². The summed E-state index contributed by atoms with van der Waals surface area (Å²) in [6, 6.07) is 10.9. The molecule has 0 bridgehead atoms. The Morgan fingerprint density at radius 1 is 1.12 bits per heavy atom. The van der Waals surface area contributed by atoms with Crippen LogP contribution in [0.5, 0.6) is 0 Å². The number of nitrogens with zero attached hydrogens (tertiary/aromatic N) is 5. The van der Waals surface area contributed by atoms with Gasteiger partial charge in [-0.25, -0.2) is 4.98 Å². The maximum atomic E-state index is 13.1. The second-order valence-electron chi connectivity index (χ2n) is 7.46. The van der Waals surface area contributed by atoms with E-state index in [1.165, 1.54) is 0 Å². The minimum absolute atomic E-state index is 0.150. The molecule has 8 heteroatoms. The minimum Gasteiger partial charge on any atom is -0.347 e. The molecule has 0 unspecified atom stereocenters. The van der Waals surface area contributed by atoms with Gasteiger partial charge in [-0.3, -0.25) is 9.98 Å². The molecule has 0 saturated heterocycles. The fraction of sp³-hybridized carbons (Fsp3) is 0.292. The summed E-state index contributed by atoms with van der Waals surface area (Å²) in [5, 5.41) is 0. The second kappa shape index (κ2) is 10.1. The maximum Gasteiger partial charge on any atom is 0.434 e. The monoisotopic (exact) mass is 439 g/mol. The van der Waals surface area contributed by atoms with E-state index in [0.717, 1.165) is 17.3 Å². The largest absolute Gasteiger partial charge is 0.434 e. The molecule has 0 aliphatic rings. The molecule has 166 valence electrons. The summed E-state index contributed by atoms with van der Waals surface area (Å²) in [7, 11) is 1.69. The highest BCUT2D eigenvalue weighted by atomic mass is 19.4. The number of rotatable bonds is 6. The van der Waals surface area contributed by atoms with Crippen LogP contribution in [-0.4, -0.2) is 39.4 Å². The van der Waals surface area contributed by atoms with Gasteiger partial charge in [0.1, 0.15) is 5.82 Å². The van der Waals surface area contributed by atoms with Crippen molar-refractivity contribution in [2.45, 2.75) is 32.6 Å². The molecular weight excluding hydrogens is 415 g/mol. The number of pyridine rings is 1. The lowest BCUT2D eigenvalue weighted by Crippen LogP contribution is -2.21. The first-order valence-electron chi connectivity index (χ1n) is 10.1. The lowest BCUT2D eigenvalue weighted by Gasteiger charge is -2.17. The van der Waals surface area contributed by atoms with Gasteiger partial charge in [0.05, 0.1) is 12.9 Å². The molecule has 3 rings (SSSR count). The molecule has 0 atom stereocenters. The molecule has 0 amide bonds. The zero-order chi connectivity index (χ0) is 23.1. The first-order valence-corrected chi connectivity index (χ1v) is 10.1. The molecule has 2 heterocycles. The van der Waals surface area contributed by atoms with E-state index in [9.17, 15) is 13.2 Å². The van der Waals surface area contributed by atoms with Gasteiger partial charge >= 0.3 is 6.18 Å². The van der Waals surface area contributed by atoms with Crippen LogP contribution in [0.3, 0.4) is 0 Å². The number of halogens is 3. The third kappa shape index (κ3) is 5.97. The molecule has 0 N–H and O–H groups in total. The predicted molar refractivity (Wildman–Crippen MR) is 119 cm³/mol. The predicted octanol–water partition coefficient (Wildman–Crippen LogP) is 5.06. The average molecular weight is 439 g/mol. The molecule has 3 aromatic rings. The van der Waals surface area contributed by atoms with Crippen molar-refractivity contribution in [2.75, 3.05) is 13.6 Å². The van der Waals surface area contributed by atoms with Crippen molar-refractivity contribution in [3.8, 4) is 23.2 Å². The normalized spacial score (nSPS) is 11.6. The third-order valence-electron chi connectivity index (χ3n) is 4.65. The van der Waals surface area contributed by atoms with Crippen LogP contribution in [0.25, 0.3) is 11.4 Å². The summed E-state index contributed by atoms with van der Waals surface area (Å²) in [5.74, 6) is 6.50. The first-order chi connectivity index (χ1) is 15.3. The number of hydrogen-bond acceptors (Lipinski definition) is 3. The zero-order valence-corrected chi connectivity index (χ0v) is 18.1. The van der Waals surface area contributed by atoms with E-state index in [-0.39, 0.29) is 6.04 Å². The van der Waals surface area contributed by atoms with Gasteiger partial charge in [-0.05, 0) is 31.5 Å². The van der Waals surface area contributed by atoms with Crippen molar-refractivity contribution in [1.82, 2.24) is 19.4 Å². The smallest absolute Gasteiger partial charge is 0.347 e. The van der Waals surface area contributed by atoms with Gasteiger partial charge in [-0.1, -0.05) is 36.1 Å². The minimum atomic E-state index is -4.48. The molecule has 0 saturated carbocycles. The molecule has 2 aromatic heterocycles. The zero-order valence-electron chi connectivity index (χ0n) is 18.1. The fourth-order valence-electron chi connectivity index (χ4n) is 3.11. The Labute approximate surface area is 185 Å². The van der Waals surface area contributed by atoms with Crippen molar-refractivity contribution in [3.63, 3.8) is 0 Å². The Morgan fingerprint density at radius 3 is 2.41 bits per heavy atom. The van der Waals surface area contributed by atoms with Crippen molar-refractivity contribution in [3.05, 3.63) is 71.8 Å². The summed E-state index contributed by atoms with van der Waals surface area (Å²) in [6.07, 6.45) is 1.69. The number of benzene rings is 1. The Balaban J connectivity index is 1.76. The average Bonchev–Trinajstić information content (AvgIpc) is 3.22. The lowest BCUT2D eigenvalue weighted by atomic mass is 10.1. The van der Waals surface area contributed by atoms with Crippen LogP contribution in [0.1, 0.15) is 36.7 Å². The Bertz CT molecular complexity index is 1100. The molecule has 0 spiro atoms. The van der Waals surface area contributed by atoms with E-state index >= 15 is 0 Å². The second-order valence-corrected chi connectivity index (χ2v) is 7.46. The van der Waals surface area contributed by atoms with Crippen LogP contribution < -0.4 is 0 Å². The van der Waals surface area contributed by atoms with Crippen LogP contribution >= 0.6 is 0 Å². The summed E-state index contributed by atoms with van der Waals surface area (Å²) >= 11 is 0. The van der Waals surface area contributed by atoms with Crippen molar-refractivity contribution in [2.24, 2.45) is 4.99 Å². The van der Waals surface area contributed by atoms with Gasteiger partial charge in [0.15, 0.2) is 5.69 Å². The van der Waals surface area contributed by atoms with Crippen molar-refractivity contribution >= 4 is 6.34 Å². The van der Waals surface area contributed by atoms with Gasteiger partial charge < -0.3 is 9.47 Å². The third-order valence-corrected chi connectivity index (χ3v) is 4.65. The summed E-state index contributed by atoms with van der Waals surface area (Å²) < 4.78 is 41.0. The molecule has 0 aliphatic carbocycles. The number of alkyl halides is 3. The number of aliphatic imine (C=N–C) groups is 1.